The Labute approximate surface area is 94.4 Å². The standard InChI is InChI=1S/C13H14N2O/c1-2-3-6-9-15-13-8-5-4-7-11(13)12(10-16)14-15/h2-5,7-8,10H,6,9H2,1H3/b3-2+. The Morgan fingerprint density at radius 2 is 2.19 bits per heavy atom. The fraction of sp³-hybridized carbons (Fsp3) is 0.231. The number of hydrogen-bond acceptors (Lipinski definition) is 2. The molecule has 0 N–H and O–H groups in total. The number of aldehydes is 1. The number of aromatic nitrogens is 2. The van der Waals surface area contributed by atoms with Crippen LogP contribution in [-0.4, -0.2) is 16.1 Å². The van der Waals surface area contributed by atoms with E-state index >= 15 is 0 Å². The Balaban J connectivity index is 2.41. The van der Waals surface area contributed by atoms with E-state index in [-0.39, 0.29) is 0 Å². The Kier molecular flexibility index (Phi) is 3.15. The van der Waals surface area contributed by atoms with Crippen LogP contribution in [0.3, 0.4) is 0 Å². The Morgan fingerprint density at radius 3 is 2.94 bits per heavy atom. The fourth-order valence-corrected chi connectivity index (χ4v) is 1.77. The lowest BCUT2D eigenvalue weighted by Gasteiger charge is -1.99. The summed E-state index contributed by atoms with van der Waals surface area (Å²) in [5, 5.41) is 5.22. The number of rotatable bonds is 4. The molecule has 3 nitrogen and oxygen atoms in total. The highest BCUT2D eigenvalue weighted by atomic mass is 16.1. The predicted octanol–water partition coefficient (Wildman–Crippen LogP) is 2.82. The summed E-state index contributed by atoms with van der Waals surface area (Å²) in [5.41, 5.74) is 1.55. The van der Waals surface area contributed by atoms with E-state index in [0.29, 0.717) is 5.69 Å². The van der Waals surface area contributed by atoms with Crippen molar-refractivity contribution < 1.29 is 4.79 Å². The van der Waals surface area contributed by atoms with Gasteiger partial charge in [-0.2, -0.15) is 5.10 Å². The molecule has 1 aromatic carbocycles. The lowest BCUT2D eigenvalue weighted by molar-refractivity contribution is 0.111. The van der Waals surface area contributed by atoms with Crippen LogP contribution < -0.4 is 0 Å². The SMILES string of the molecule is C/C=C/CCn1nc(C=O)c2ccccc21. The van der Waals surface area contributed by atoms with Crippen LogP contribution in [0.15, 0.2) is 36.4 Å². The topological polar surface area (TPSA) is 34.9 Å². The molecule has 0 unspecified atom stereocenters. The van der Waals surface area contributed by atoms with Gasteiger partial charge in [0.25, 0.3) is 0 Å². The van der Waals surface area contributed by atoms with Crippen LogP contribution in [0.5, 0.6) is 0 Å². The second-order valence-electron chi connectivity index (χ2n) is 3.60. The van der Waals surface area contributed by atoms with Gasteiger partial charge in [-0.05, 0) is 19.4 Å². The van der Waals surface area contributed by atoms with Crippen LogP contribution in [0, 0.1) is 0 Å². The minimum absolute atomic E-state index is 0.524. The zero-order valence-electron chi connectivity index (χ0n) is 9.26. The summed E-state index contributed by atoms with van der Waals surface area (Å²) < 4.78 is 1.89. The molecular formula is C13H14N2O. The Morgan fingerprint density at radius 1 is 1.38 bits per heavy atom. The zero-order chi connectivity index (χ0) is 11.4. The van der Waals surface area contributed by atoms with E-state index in [1.807, 2.05) is 41.9 Å². The van der Waals surface area contributed by atoms with Crippen molar-refractivity contribution in [3.8, 4) is 0 Å². The summed E-state index contributed by atoms with van der Waals surface area (Å²) in [7, 11) is 0. The van der Waals surface area contributed by atoms with Crippen LogP contribution in [-0.2, 0) is 6.54 Å². The molecule has 1 aromatic heterocycles. The number of nitrogens with zero attached hydrogens (tertiary/aromatic N) is 2. The third kappa shape index (κ3) is 1.89. The molecule has 0 spiro atoms. The maximum Gasteiger partial charge on any atom is 0.170 e. The third-order valence-corrected chi connectivity index (χ3v) is 2.54. The van der Waals surface area contributed by atoms with E-state index in [0.717, 1.165) is 30.2 Å². The average Bonchev–Trinajstić information content (AvgIpc) is 2.68. The van der Waals surface area contributed by atoms with Crippen LogP contribution in [0.1, 0.15) is 23.8 Å². The van der Waals surface area contributed by atoms with Gasteiger partial charge in [-0.25, -0.2) is 0 Å². The number of allylic oxidation sites excluding steroid dienone is 2. The highest BCUT2D eigenvalue weighted by molar-refractivity contribution is 5.95. The number of hydrogen-bond donors (Lipinski definition) is 0. The first kappa shape index (κ1) is 10.6. The first-order valence-corrected chi connectivity index (χ1v) is 5.38. The van der Waals surface area contributed by atoms with Gasteiger partial charge < -0.3 is 0 Å². The normalized spacial score (nSPS) is 11.3. The van der Waals surface area contributed by atoms with Gasteiger partial charge in [-0.15, -0.1) is 0 Å². The van der Waals surface area contributed by atoms with Crippen LogP contribution in [0.4, 0.5) is 0 Å². The molecule has 0 aliphatic carbocycles. The molecule has 82 valence electrons. The molecule has 0 aliphatic heterocycles. The monoisotopic (exact) mass is 214 g/mol. The number of benzene rings is 1. The Hall–Kier alpha value is -1.90. The second kappa shape index (κ2) is 4.75. The molecular weight excluding hydrogens is 200 g/mol. The molecule has 3 heteroatoms. The predicted molar refractivity (Wildman–Crippen MR) is 64.6 cm³/mol. The number of carbonyl (C=O) groups is 1. The number of fused-ring (bicyclic) bond motifs is 1. The van der Waals surface area contributed by atoms with Crippen LogP contribution in [0.25, 0.3) is 10.9 Å². The maximum absolute atomic E-state index is 10.9. The van der Waals surface area contributed by atoms with E-state index in [1.54, 1.807) is 0 Å². The van der Waals surface area contributed by atoms with E-state index in [1.165, 1.54) is 0 Å². The van der Waals surface area contributed by atoms with Crippen molar-refractivity contribution in [3.63, 3.8) is 0 Å². The third-order valence-electron chi connectivity index (χ3n) is 2.54. The lowest BCUT2D eigenvalue weighted by Crippen LogP contribution is -1.99. The summed E-state index contributed by atoms with van der Waals surface area (Å²) in [5.74, 6) is 0. The van der Waals surface area contributed by atoms with E-state index < -0.39 is 0 Å². The van der Waals surface area contributed by atoms with Crippen molar-refractivity contribution in [2.75, 3.05) is 0 Å². The molecule has 0 saturated carbocycles. The minimum Gasteiger partial charge on any atom is -0.296 e. The van der Waals surface area contributed by atoms with Crippen molar-refractivity contribution in [3.05, 3.63) is 42.1 Å². The molecule has 0 amide bonds. The lowest BCUT2D eigenvalue weighted by atomic mass is 10.2. The van der Waals surface area contributed by atoms with Gasteiger partial charge in [0.2, 0.25) is 0 Å². The first-order valence-electron chi connectivity index (χ1n) is 5.38. The Bertz CT molecular complexity index is 526. The maximum atomic E-state index is 10.9. The fourth-order valence-electron chi connectivity index (χ4n) is 1.77. The highest BCUT2D eigenvalue weighted by Crippen LogP contribution is 2.17. The van der Waals surface area contributed by atoms with Gasteiger partial charge in [0.05, 0.1) is 5.52 Å². The first-order chi connectivity index (χ1) is 7.86. The van der Waals surface area contributed by atoms with Crippen LogP contribution >= 0.6 is 0 Å². The average molecular weight is 214 g/mol. The molecule has 0 atom stereocenters. The number of carbonyl (C=O) groups excluding carboxylic acids is 1. The molecule has 0 aliphatic rings. The highest BCUT2D eigenvalue weighted by Gasteiger charge is 2.07. The molecule has 0 radical (unpaired) electrons. The summed E-state index contributed by atoms with van der Waals surface area (Å²) in [6.07, 6.45) is 5.86. The molecule has 2 aromatic rings. The zero-order valence-corrected chi connectivity index (χ0v) is 9.26. The van der Waals surface area contributed by atoms with Crippen LogP contribution in [0.2, 0.25) is 0 Å². The number of aryl methyl sites for hydroxylation is 1. The van der Waals surface area contributed by atoms with Gasteiger partial charge in [0, 0.05) is 11.9 Å². The van der Waals surface area contributed by atoms with Gasteiger partial charge >= 0.3 is 0 Å². The molecule has 1 heterocycles. The van der Waals surface area contributed by atoms with Gasteiger partial charge in [0.15, 0.2) is 6.29 Å². The van der Waals surface area contributed by atoms with Gasteiger partial charge in [-0.1, -0.05) is 30.4 Å². The largest absolute Gasteiger partial charge is 0.296 e. The van der Waals surface area contributed by atoms with Crippen molar-refractivity contribution in [2.24, 2.45) is 0 Å². The summed E-state index contributed by atoms with van der Waals surface area (Å²) in [6, 6.07) is 7.81. The van der Waals surface area contributed by atoms with Crippen molar-refractivity contribution in [2.45, 2.75) is 19.9 Å². The van der Waals surface area contributed by atoms with Crippen molar-refractivity contribution in [1.29, 1.82) is 0 Å². The minimum atomic E-state index is 0.524. The van der Waals surface area contributed by atoms with Gasteiger partial charge in [-0.3, -0.25) is 9.48 Å². The second-order valence-corrected chi connectivity index (χ2v) is 3.60. The molecule has 0 saturated heterocycles. The van der Waals surface area contributed by atoms with Crippen molar-refractivity contribution in [1.82, 2.24) is 9.78 Å². The summed E-state index contributed by atoms with van der Waals surface area (Å²) in [4.78, 5) is 10.9. The van der Waals surface area contributed by atoms with E-state index in [4.69, 9.17) is 0 Å². The molecule has 0 fully saturated rings. The summed E-state index contributed by atoms with van der Waals surface area (Å²) in [6.45, 7) is 2.80. The smallest absolute Gasteiger partial charge is 0.170 e. The summed E-state index contributed by atoms with van der Waals surface area (Å²) >= 11 is 0. The van der Waals surface area contributed by atoms with Gasteiger partial charge in [0.1, 0.15) is 5.69 Å². The van der Waals surface area contributed by atoms with E-state index in [2.05, 4.69) is 11.2 Å². The molecule has 16 heavy (non-hydrogen) atoms. The number of para-hydroxylation sites is 1. The van der Waals surface area contributed by atoms with Crippen molar-refractivity contribution >= 4 is 17.2 Å². The molecule has 2 rings (SSSR count). The molecule has 0 bridgehead atoms. The quantitative estimate of drug-likeness (QED) is 0.579. The van der Waals surface area contributed by atoms with E-state index in [9.17, 15) is 4.79 Å².